The molecule has 1 saturated carbocycles. The van der Waals surface area contributed by atoms with Crippen LogP contribution in [-0.2, 0) is 4.74 Å². The van der Waals surface area contributed by atoms with Crippen molar-refractivity contribution in [3.63, 3.8) is 0 Å². The molecule has 2 heterocycles. The van der Waals surface area contributed by atoms with Gasteiger partial charge in [0, 0.05) is 18.9 Å². The molecule has 0 amide bonds. The Morgan fingerprint density at radius 3 is 2.81 bits per heavy atom. The van der Waals surface area contributed by atoms with Crippen LogP contribution < -0.4 is 4.74 Å². The van der Waals surface area contributed by atoms with Gasteiger partial charge in [-0.15, -0.1) is 0 Å². The SMILES string of the molecule is COc1ccc(C(O)C2CCOC3(CCCCC3)C2)cn1. The number of aliphatic hydroxyl groups excluding tert-OH is 1. The van der Waals surface area contributed by atoms with Gasteiger partial charge in [-0.3, -0.25) is 0 Å². The van der Waals surface area contributed by atoms with Crippen molar-refractivity contribution in [2.75, 3.05) is 13.7 Å². The maximum absolute atomic E-state index is 10.7. The van der Waals surface area contributed by atoms with E-state index in [4.69, 9.17) is 9.47 Å². The molecule has 1 spiro atoms. The van der Waals surface area contributed by atoms with Crippen LogP contribution in [0.15, 0.2) is 18.3 Å². The lowest BCUT2D eigenvalue weighted by Crippen LogP contribution is -2.42. The highest BCUT2D eigenvalue weighted by Crippen LogP contribution is 2.44. The lowest BCUT2D eigenvalue weighted by Gasteiger charge is -2.44. The molecule has 1 saturated heterocycles. The molecule has 4 nitrogen and oxygen atoms in total. The zero-order valence-corrected chi connectivity index (χ0v) is 12.8. The molecule has 116 valence electrons. The van der Waals surface area contributed by atoms with Crippen molar-refractivity contribution in [1.82, 2.24) is 4.98 Å². The Kier molecular flexibility index (Phi) is 4.45. The summed E-state index contributed by atoms with van der Waals surface area (Å²) in [6, 6.07) is 3.73. The topological polar surface area (TPSA) is 51.6 Å². The lowest BCUT2D eigenvalue weighted by atomic mass is 9.74. The molecule has 0 bridgehead atoms. The maximum atomic E-state index is 10.7. The Morgan fingerprint density at radius 1 is 1.33 bits per heavy atom. The quantitative estimate of drug-likeness (QED) is 0.928. The Labute approximate surface area is 126 Å². The van der Waals surface area contributed by atoms with Crippen molar-refractivity contribution >= 4 is 0 Å². The van der Waals surface area contributed by atoms with Crippen LogP contribution >= 0.6 is 0 Å². The maximum Gasteiger partial charge on any atom is 0.212 e. The summed E-state index contributed by atoms with van der Waals surface area (Å²) < 4.78 is 11.2. The average Bonchev–Trinajstić information content (AvgIpc) is 2.55. The molecule has 0 aromatic carbocycles. The van der Waals surface area contributed by atoms with Crippen molar-refractivity contribution in [2.24, 2.45) is 5.92 Å². The number of hydrogen-bond acceptors (Lipinski definition) is 4. The number of pyridine rings is 1. The van der Waals surface area contributed by atoms with Crippen LogP contribution in [0.2, 0.25) is 0 Å². The third-order valence-corrected chi connectivity index (χ3v) is 5.05. The van der Waals surface area contributed by atoms with Crippen molar-refractivity contribution in [3.8, 4) is 5.88 Å². The molecule has 1 N–H and O–H groups in total. The van der Waals surface area contributed by atoms with Gasteiger partial charge in [0.05, 0.1) is 18.8 Å². The van der Waals surface area contributed by atoms with Gasteiger partial charge in [-0.2, -0.15) is 0 Å². The molecule has 21 heavy (non-hydrogen) atoms. The summed E-state index contributed by atoms with van der Waals surface area (Å²) in [5, 5.41) is 10.7. The van der Waals surface area contributed by atoms with Crippen molar-refractivity contribution in [1.29, 1.82) is 0 Å². The van der Waals surface area contributed by atoms with Gasteiger partial charge in [0.15, 0.2) is 0 Å². The van der Waals surface area contributed by atoms with Crippen LogP contribution in [0.1, 0.15) is 56.6 Å². The molecule has 1 aliphatic carbocycles. The monoisotopic (exact) mass is 291 g/mol. The van der Waals surface area contributed by atoms with Gasteiger partial charge in [-0.05, 0) is 43.2 Å². The van der Waals surface area contributed by atoms with Gasteiger partial charge in [0.2, 0.25) is 5.88 Å². The fourth-order valence-corrected chi connectivity index (χ4v) is 3.84. The standard InChI is InChI=1S/C17H25NO3/c1-20-15-6-5-14(12-18-15)16(19)13-7-10-21-17(11-13)8-3-2-4-9-17/h5-6,12-13,16,19H,2-4,7-11H2,1H3. The van der Waals surface area contributed by atoms with E-state index >= 15 is 0 Å². The molecule has 2 aliphatic rings. The number of aromatic nitrogens is 1. The summed E-state index contributed by atoms with van der Waals surface area (Å²) in [5.74, 6) is 0.855. The van der Waals surface area contributed by atoms with E-state index < -0.39 is 6.10 Å². The van der Waals surface area contributed by atoms with E-state index in [2.05, 4.69) is 4.98 Å². The van der Waals surface area contributed by atoms with Crippen LogP contribution in [-0.4, -0.2) is 29.4 Å². The van der Waals surface area contributed by atoms with Crippen LogP contribution in [0.5, 0.6) is 5.88 Å². The summed E-state index contributed by atoms with van der Waals surface area (Å²) in [6.07, 6.45) is 9.31. The molecule has 2 unspecified atom stereocenters. The highest BCUT2D eigenvalue weighted by molar-refractivity contribution is 5.20. The molecular weight excluding hydrogens is 266 g/mol. The normalized spacial score (nSPS) is 26.5. The van der Waals surface area contributed by atoms with E-state index in [9.17, 15) is 5.11 Å². The predicted molar refractivity (Wildman–Crippen MR) is 80.2 cm³/mol. The van der Waals surface area contributed by atoms with Gasteiger partial charge in [0.1, 0.15) is 0 Å². The zero-order valence-electron chi connectivity index (χ0n) is 12.8. The summed E-state index contributed by atoms with van der Waals surface area (Å²) in [4.78, 5) is 4.20. The average molecular weight is 291 g/mol. The minimum Gasteiger partial charge on any atom is -0.481 e. The number of nitrogens with zero attached hydrogens (tertiary/aromatic N) is 1. The summed E-state index contributed by atoms with van der Waals surface area (Å²) in [5.41, 5.74) is 0.913. The van der Waals surface area contributed by atoms with E-state index in [1.165, 1.54) is 19.3 Å². The molecule has 3 rings (SSSR count). The van der Waals surface area contributed by atoms with E-state index in [0.29, 0.717) is 5.88 Å². The second-order valence-corrected chi connectivity index (χ2v) is 6.42. The lowest BCUT2D eigenvalue weighted by molar-refractivity contribution is -0.134. The summed E-state index contributed by atoms with van der Waals surface area (Å²) in [7, 11) is 1.60. The molecule has 1 aromatic heterocycles. The Bertz CT molecular complexity index is 448. The minimum absolute atomic E-state index is 0.0298. The Balaban J connectivity index is 1.69. The molecular formula is C17H25NO3. The summed E-state index contributed by atoms with van der Waals surface area (Å²) >= 11 is 0. The third kappa shape index (κ3) is 3.22. The first-order valence-corrected chi connectivity index (χ1v) is 8.04. The van der Waals surface area contributed by atoms with Gasteiger partial charge < -0.3 is 14.6 Å². The fourth-order valence-electron chi connectivity index (χ4n) is 3.84. The molecule has 2 fully saturated rings. The van der Waals surface area contributed by atoms with Gasteiger partial charge >= 0.3 is 0 Å². The number of methoxy groups -OCH3 is 1. The smallest absolute Gasteiger partial charge is 0.212 e. The number of ether oxygens (including phenoxy) is 2. The summed E-state index contributed by atoms with van der Waals surface area (Å²) in [6.45, 7) is 0.769. The second kappa shape index (κ2) is 6.32. The van der Waals surface area contributed by atoms with E-state index in [0.717, 1.165) is 37.9 Å². The van der Waals surface area contributed by atoms with Crippen molar-refractivity contribution < 1.29 is 14.6 Å². The van der Waals surface area contributed by atoms with Crippen LogP contribution in [0.3, 0.4) is 0 Å². The predicted octanol–water partition coefficient (Wildman–Crippen LogP) is 3.25. The van der Waals surface area contributed by atoms with Crippen molar-refractivity contribution in [2.45, 2.75) is 56.7 Å². The number of hydrogen-bond donors (Lipinski definition) is 1. The highest BCUT2D eigenvalue weighted by atomic mass is 16.5. The number of aliphatic hydroxyl groups is 1. The van der Waals surface area contributed by atoms with E-state index in [-0.39, 0.29) is 11.5 Å². The first-order chi connectivity index (χ1) is 10.2. The zero-order chi connectivity index (χ0) is 14.7. The molecule has 4 heteroatoms. The third-order valence-electron chi connectivity index (χ3n) is 5.05. The second-order valence-electron chi connectivity index (χ2n) is 6.42. The first kappa shape index (κ1) is 14.8. The van der Waals surface area contributed by atoms with Gasteiger partial charge in [0.25, 0.3) is 0 Å². The molecule has 1 aromatic rings. The highest BCUT2D eigenvalue weighted by Gasteiger charge is 2.40. The molecule has 1 aliphatic heterocycles. The van der Waals surface area contributed by atoms with E-state index in [1.54, 1.807) is 13.3 Å². The fraction of sp³-hybridized carbons (Fsp3) is 0.706. The molecule has 2 atom stereocenters. The minimum atomic E-state index is -0.453. The van der Waals surface area contributed by atoms with Crippen molar-refractivity contribution in [3.05, 3.63) is 23.9 Å². The van der Waals surface area contributed by atoms with Crippen LogP contribution in [0, 0.1) is 5.92 Å². The van der Waals surface area contributed by atoms with Gasteiger partial charge in [-0.1, -0.05) is 19.3 Å². The van der Waals surface area contributed by atoms with Gasteiger partial charge in [-0.25, -0.2) is 4.98 Å². The Morgan fingerprint density at radius 2 is 2.14 bits per heavy atom. The van der Waals surface area contributed by atoms with Crippen LogP contribution in [0.25, 0.3) is 0 Å². The van der Waals surface area contributed by atoms with E-state index in [1.807, 2.05) is 12.1 Å². The van der Waals surface area contributed by atoms with Crippen LogP contribution in [0.4, 0.5) is 0 Å². The molecule has 0 radical (unpaired) electrons. The number of rotatable bonds is 3. The largest absolute Gasteiger partial charge is 0.481 e. The Hall–Kier alpha value is -1.13. The first-order valence-electron chi connectivity index (χ1n) is 8.04.